The predicted molar refractivity (Wildman–Crippen MR) is 62.4 cm³/mol. The second-order valence-electron chi connectivity index (χ2n) is 5.92. The van der Waals surface area contributed by atoms with E-state index in [2.05, 4.69) is 19.2 Å². The molecule has 0 radical (unpaired) electrons. The summed E-state index contributed by atoms with van der Waals surface area (Å²) in [4.78, 5) is 11.3. The summed E-state index contributed by atoms with van der Waals surface area (Å²) in [6.07, 6.45) is 4.90. The maximum absolute atomic E-state index is 11.3. The summed E-state index contributed by atoms with van der Waals surface area (Å²) < 4.78 is 0. The van der Waals surface area contributed by atoms with Gasteiger partial charge in [-0.3, -0.25) is 4.79 Å². The summed E-state index contributed by atoms with van der Waals surface area (Å²) in [6, 6.07) is 0.397. The Morgan fingerprint density at radius 1 is 1.40 bits per heavy atom. The number of nitrogens with two attached hydrogens (primary N) is 1. The maximum Gasteiger partial charge on any atom is 0.237 e. The normalized spacial score (nSPS) is 26.3. The van der Waals surface area contributed by atoms with E-state index < -0.39 is 5.54 Å². The lowest BCUT2D eigenvalue weighted by atomic mass is 9.72. The Morgan fingerprint density at radius 2 is 2.00 bits per heavy atom. The average Bonchev–Trinajstić information content (AvgIpc) is 2.08. The number of hydrogen-bond donors (Lipinski definition) is 2. The molecule has 1 amide bonds. The largest absolute Gasteiger partial charge is 0.368 e. The minimum absolute atomic E-state index is 0.269. The lowest BCUT2D eigenvalue weighted by molar-refractivity contribution is -0.124. The van der Waals surface area contributed by atoms with E-state index in [1.165, 1.54) is 19.3 Å². The summed E-state index contributed by atoms with van der Waals surface area (Å²) in [6.45, 7) is 8.25. The summed E-state index contributed by atoms with van der Waals surface area (Å²) in [5, 5.41) is 3.41. The van der Waals surface area contributed by atoms with E-state index in [4.69, 9.17) is 5.73 Å². The van der Waals surface area contributed by atoms with E-state index in [1.54, 1.807) is 0 Å². The molecule has 0 aromatic carbocycles. The summed E-state index contributed by atoms with van der Waals surface area (Å²) in [7, 11) is 0. The van der Waals surface area contributed by atoms with Gasteiger partial charge in [-0.05, 0) is 32.1 Å². The van der Waals surface area contributed by atoms with Crippen LogP contribution < -0.4 is 11.1 Å². The molecule has 0 spiro atoms. The fourth-order valence-corrected chi connectivity index (χ4v) is 2.27. The molecule has 1 fully saturated rings. The van der Waals surface area contributed by atoms with E-state index >= 15 is 0 Å². The standard InChI is InChI=1S/C12H24N2O/c1-11(2)8-6-5-7-9(11)14-12(3,4)10(13)15/h9,14H,5-8H2,1-4H3,(H2,13,15). The van der Waals surface area contributed by atoms with Crippen LogP contribution in [0.3, 0.4) is 0 Å². The van der Waals surface area contributed by atoms with E-state index in [-0.39, 0.29) is 11.3 Å². The van der Waals surface area contributed by atoms with Crippen LogP contribution in [0.5, 0.6) is 0 Å². The van der Waals surface area contributed by atoms with E-state index in [0.29, 0.717) is 6.04 Å². The first-order chi connectivity index (χ1) is 6.76. The van der Waals surface area contributed by atoms with Gasteiger partial charge in [0.05, 0.1) is 5.54 Å². The zero-order valence-corrected chi connectivity index (χ0v) is 10.4. The molecule has 1 aliphatic rings. The minimum Gasteiger partial charge on any atom is -0.368 e. The van der Waals surface area contributed by atoms with Crippen LogP contribution in [0.4, 0.5) is 0 Å². The maximum atomic E-state index is 11.3. The van der Waals surface area contributed by atoms with Gasteiger partial charge in [0, 0.05) is 6.04 Å². The first-order valence-electron chi connectivity index (χ1n) is 5.83. The Labute approximate surface area is 92.8 Å². The number of hydrogen-bond acceptors (Lipinski definition) is 2. The summed E-state index contributed by atoms with van der Waals surface area (Å²) in [5.74, 6) is -0.274. The number of nitrogens with one attached hydrogen (secondary N) is 1. The number of amides is 1. The van der Waals surface area contributed by atoms with Crippen molar-refractivity contribution in [3.05, 3.63) is 0 Å². The van der Waals surface area contributed by atoms with Crippen LogP contribution in [-0.2, 0) is 4.79 Å². The van der Waals surface area contributed by atoms with E-state index in [0.717, 1.165) is 6.42 Å². The molecule has 3 nitrogen and oxygen atoms in total. The van der Waals surface area contributed by atoms with Gasteiger partial charge in [-0.1, -0.05) is 26.7 Å². The quantitative estimate of drug-likeness (QED) is 0.749. The predicted octanol–water partition coefficient (Wildman–Crippen LogP) is 1.81. The average molecular weight is 212 g/mol. The lowest BCUT2D eigenvalue weighted by Gasteiger charge is -2.42. The Bertz CT molecular complexity index is 246. The van der Waals surface area contributed by atoms with Crippen molar-refractivity contribution >= 4 is 5.91 Å². The highest BCUT2D eigenvalue weighted by Crippen LogP contribution is 2.36. The van der Waals surface area contributed by atoms with Crippen molar-refractivity contribution in [2.45, 2.75) is 65.0 Å². The molecule has 1 rings (SSSR count). The monoisotopic (exact) mass is 212 g/mol. The molecule has 3 N–H and O–H groups in total. The van der Waals surface area contributed by atoms with Crippen LogP contribution >= 0.6 is 0 Å². The topological polar surface area (TPSA) is 55.1 Å². The fourth-order valence-electron chi connectivity index (χ4n) is 2.27. The molecule has 0 saturated heterocycles. The highest BCUT2D eigenvalue weighted by Gasteiger charge is 2.37. The van der Waals surface area contributed by atoms with Crippen molar-refractivity contribution in [3.63, 3.8) is 0 Å². The molecule has 1 atom stereocenters. The molecule has 3 heteroatoms. The SMILES string of the molecule is CC(C)(NC1CCCCC1(C)C)C(N)=O. The van der Waals surface area contributed by atoms with Gasteiger partial charge < -0.3 is 11.1 Å². The van der Waals surface area contributed by atoms with Crippen molar-refractivity contribution in [2.75, 3.05) is 0 Å². The molecule has 0 aliphatic heterocycles. The molecule has 88 valence electrons. The molecule has 0 aromatic rings. The van der Waals surface area contributed by atoms with Gasteiger partial charge in [0.15, 0.2) is 0 Å². The third-order valence-corrected chi connectivity index (χ3v) is 3.66. The van der Waals surface area contributed by atoms with Gasteiger partial charge in [0.2, 0.25) is 5.91 Å². The molecule has 15 heavy (non-hydrogen) atoms. The van der Waals surface area contributed by atoms with Gasteiger partial charge in [0.1, 0.15) is 0 Å². The van der Waals surface area contributed by atoms with Crippen molar-refractivity contribution in [1.29, 1.82) is 0 Å². The van der Waals surface area contributed by atoms with E-state index in [9.17, 15) is 4.79 Å². The molecule has 1 unspecified atom stereocenters. The highest BCUT2D eigenvalue weighted by molar-refractivity contribution is 5.83. The first kappa shape index (κ1) is 12.5. The molecular formula is C12H24N2O. The van der Waals surface area contributed by atoms with Crippen molar-refractivity contribution in [2.24, 2.45) is 11.1 Å². The number of rotatable bonds is 3. The van der Waals surface area contributed by atoms with Crippen molar-refractivity contribution in [3.8, 4) is 0 Å². The Morgan fingerprint density at radius 3 is 2.47 bits per heavy atom. The Hall–Kier alpha value is -0.570. The van der Waals surface area contributed by atoms with Crippen LogP contribution in [0, 0.1) is 5.41 Å². The number of carbonyl (C=O) groups is 1. The number of carbonyl (C=O) groups excluding carboxylic acids is 1. The zero-order chi connectivity index (χ0) is 11.7. The number of primary amides is 1. The third kappa shape index (κ3) is 2.94. The first-order valence-corrected chi connectivity index (χ1v) is 5.83. The Kier molecular flexibility index (Phi) is 3.44. The smallest absolute Gasteiger partial charge is 0.237 e. The third-order valence-electron chi connectivity index (χ3n) is 3.66. The Balaban J connectivity index is 2.67. The van der Waals surface area contributed by atoms with Gasteiger partial charge in [-0.25, -0.2) is 0 Å². The lowest BCUT2D eigenvalue weighted by Crippen LogP contribution is -2.58. The molecular weight excluding hydrogens is 188 g/mol. The molecule has 0 heterocycles. The van der Waals surface area contributed by atoms with Crippen LogP contribution in [0.1, 0.15) is 53.4 Å². The summed E-state index contributed by atoms with van der Waals surface area (Å²) in [5.41, 5.74) is 5.05. The molecule has 0 bridgehead atoms. The van der Waals surface area contributed by atoms with Crippen molar-refractivity contribution < 1.29 is 4.79 Å². The zero-order valence-electron chi connectivity index (χ0n) is 10.4. The van der Waals surface area contributed by atoms with Crippen LogP contribution in [0.2, 0.25) is 0 Å². The van der Waals surface area contributed by atoms with Crippen LogP contribution in [-0.4, -0.2) is 17.5 Å². The van der Waals surface area contributed by atoms with Crippen molar-refractivity contribution in [1.82, 2.24) is 5.32 Å². The molecule has 1 saturated carbocycles. The van der Waals surface area contributed by atoms with Crippen LogP contribution in [0.25, 0.3) is 0 Å². The summed E-state index contributed by atoms with van der Waals surface area (Å²) >= 11 is 0. The molecule has 1 aliphatic carbocycles. The second kappa shape index (κ2) is 4.12. The van der Waals surface area contributed by atoms with Gasteiger partial charge >= 0.3 is 0 Å². The van der Waals surface area contributed by atoms with E-state index in [1.807, 2.05) is 13.8 Å². The fraction of sp³-hybridized carbons (Fsp3) is 0.917. The minimum atomic E-state index is -0.598. The second-order valence-corrected chi connectivity index (χ2v) is 5.92. The van der Waals surface area contributed by atoms with Crippen LogP contribution in [0.15, 0.2) is 0 Å². The van der Waals surface area contributed by atoms with Gasteiger partial charge in [-0.15, -0.1) is 0 Å². The molecule has 0 aromatic heterocycles. The van der Waals surface area contributed by atoms with Gasteiger partial charge in [-0.2, -0.15) is 0 Å². The van der Waals surface area contributed by atoms with Gasteiger partial charge in [0.25, 0.3) is 0 Å². The highest BCUT2D eigenvalue weighted by atomic mass is 16.1.